The van der Waals surface area contributed by atoms with Gasteiger partial charge in [0, 0.05) is 36.9 Å². The average Bonchev–Trinajstić information content (AvgIpc) is 3.20. The SMILES string of the molecule is Cn1nccc1-c1cccc(NCc2nnc3c(=O)[nH]ccn23)c1. The molecule has 0 atom stereocenters. The number of fused-ring (bicyclic) bond motifs is 1. The summed E-state index contributed by atoms with van der Waals surface area (Å²) in [6.07, 6.45) is 5.08. The normalized spacial score (nSPS) is 11.0. The zero-order valence-electron chi connectivity index (χ0n) is 13.0. The first-order valence-corrected chi connectivity index (χ1v) is 7.46. The molecular weight excluding hydrogens is 306 g/mol. The molecule has 0 aliphatic carbocycles. The van der Waals surface area contributed by atoms with Crippen molar-refractivity contribution in [1.82, 2.24) is 29.4 Å². The molecule has 0 aliphatic rings. The maximum absolute atomic E-state index is 11.7. The summed E-state index contributed by atoms with van der Waals surface area (Å²) in [5, 5.41) is 15.5. The molecule has 0 aliphatic heterocycles. The van der Waals surface area contributed by atoms with E-state index in [1.54, 1.807) is 23.0 Å². The van der Waals surface area contributed by atoms with Crippen molar-refractivity contribution in [3.05, 3.63) is 65.1 Å². The number of benzene rings is 1. The largest absolute Gasteiger partial charge is 0.378 e. The number of nitrogens with one attached hydrogen (secondary N) is 2. The van der Waals surface area contributed by atoms with Crippen molar-refractivity contribution in [3.8, 4) is 11.3 Å². The molecule has 0 radical (unpaired) electrons. The van der Waals surface area contributed by atoms with Gasteiger partial charge in [0.25, 0.3) is 5.56 Å². The molecule has 4 rings (SSSR count). The predicted octanol–water partition coefficient (Wildman–Crippen LogP) is 1.43. The summed E-state index contributed by atoms with van der Waals surface area (Å²) in [5.74, 6) is 0.669. The molecule has 3 aromatic heterocycles. The molecule has 0 amide bonds. The summed E-state index contributed by atoms with van der Waals surface area (Å²) >= 11 is 0. The van der Waals surface area contributed by atoms with Gasteiger partial charge in [-0.25, -0.2) is 0 Å². The molecule has 2 N–H and O–H groups in total. The molecule has 4 aromatic rings. The number of aromatic nitrogens is 6. The number of anilines is 1. The van der Waals surface area contributed by atoms with Gasteiger partial charge in [-0.15, -0.1) is 10.2 Å². The molecule has 8 nitrogen and oxygen atoms in total. The zero-order chi connectivity index (χ0) is 16.5. The van der Waals surface area contributed by atoms with E-state index in [4.69, 9.17) is 0 Å². The molecule has 0 saturated carbocycles. The molecule has 0 spiro atoms. The number of nitrogens with zero attached hydrogens (tertiary/aromatic N) is 5. The van der Waals surface area contributed by atoms with Crippen molar-refractivity contribution in [2.75, 3.05) is 5.32 Å². The van der Waals surface area contributed by atoms with Gasteiger partial charge in [-0.05, 0) is 18.2 Å². The van der Waals surface area contributed by atoms with Crippen LogP contribution in [0.25, 0.3) is 16.9 Å². The van der Waals surface area contributed by atoms with E-state index >= 15 is 0 Å². The minimum atomic E-state index is -0.255. The number of H-pyrrole nitrogens is 1. The van der Waals surface area contributed by atoms with Crippen molar-refractivity contribution >= 4 is 11.3 Å². The Bertz CT molecular complexity index is 1060. The van der Waals surface area contributed by atoms with Gasteiger partial charge in [-0.3, -0.25) is 13.9 Å². The van der Waals surface area contributed by atoms with E-state index in [9.17, 15) is 4.79 Å². The monoisotopic (exact) mass is 321 g/mol. The van der Waals surface area contributed by atoms with Gasteiger partial charge in [0.05, 0.1) is 12.2 Å². The molecule has 0 bridgehead atoms. The third-order valence-electron chi connectivity index (χ3n) is 3.84. The van der Waals surface area contributed by atoms with Crippen LogP contribution in [0, 0.1) is 0 Å². The van der Waals surface area contributed by atoms with Gasteiger partial charge in [-0.1, -0.05) is 12.1 Å². The van der Waals surface area contributed by atoms with Crippen LogP contribution in [0.2, 0.25) is 0 Å². The minimum Gasteiger partial charge on any atom is -0.378 e. The maximum atomic E-state index is 11.7. The Balaban J connectivity index is 1.59. The van der Waals surface area contributed by atoms with Crippen molar-refractivity contribution in [2.45, 2.75) is 6.54 Å². The highest BCUT2D eigenvalue weighted by Gasteiger charge is 2.08. The third kappa shape index (κ3) is 2.43. The van der Waals surface area contributed by atoms with E-state index in [0.29, 0.717) is 12.4 Å². The summed E-state index contributed by atoms with van der Waals surface area (Å²) in [6.45, 7) is 0.458. The Labute approximate surface area is 136 Å². The topological polar surface area (TPSA) is 92.9 Å². The van der Waals surface area contributed by atoms with Gasteiger partial charge in [0.2, 0.25) is 5.65 Å². The summed E-state index contributed by atoms with van der Waals surface area (Å²) in [5.41, 5.74) is 3.10. The van der Waals surface area contributed by atoms with Crippen molar-refractivity contribution in [3.63, 3.8) is 0 Å². The van der Waals surface area contributed by atoms with Crippen LogP contribution < -0.4 is 10.9 Å². The predicted molar refractivity (Wildman–Crippen MR) is 89.6 cm³/mol. The van der Waals surface area contributed by atoms with E-state index in [2.05, 4.69) is 25.6 Å². The van der Waals surface area contributed by atoms with Crippen LogP contribution in [0.4, 0.5) is 5.69 Å². The second kappa shape index (κ2) is 5.65. The first-order valence-electron chi connectivity index (χ1n) is 7.46. The van der Waals surface area contributed by atoms with E-state index in [1.165, 1.54) is 0 Å². The van der Waals surface area contributed by atoms with Gasteiger partial charge >= 0.3 is 0 Å². The number of hydrogen-bond donors (Lipinski definition) is 2. The lowest BCUT2D eigenvalue weighted by Gasteiger charge is -2.08. The molecule has 3 heterocycles. The Morgan fingerprint density at radius 2 is 2.17 bits per heavy atom. The standard InChI is InChI=1S/C16H15N7O/c1-22-13(5-6-19-22)11-3-2-4-12(9-11)18-10-14-20-21-15-16(24)17-7-8-23(14)15/h2-9,18H,10H2,1H3,(H,17,24). The second-order valence-corrected chi connectivity index (χ2v) is 5.37. The summed E-state index contributed by atoms with van der Waals surface area (Å²) in [7, 11) is 1.91. The van der Waals surface area contributed by atoms with E-state index < -0.39 is 0 Å². The Kier molecular flexibility index (Phi) is 3.34. The highest BCUT2D eigenvalue weighted by molar-refractivity contribution is 5.65. The third-order valence-corrected chi connectivity index (χ3v) is 3.84. The summed E-state index contributed by atoms with van der Waals surface area (Å²) in [4.78, 5) is 14.2. The number of hydrogen-bond acceptors (Lipinski definition) is 5. The molecule has 120 valence electrons. The highest BCUT2D eigenvalue weighted by Crippen LogP contribution is 2.22. The van der Waals surface area contributed by atoms with Crippen LogP contribution in [-0.2, 0) is 13.6 Å². The lowest BCUT2D eigenvalue weighted by molar-refractivity contribution is 0.776. The van der Waals surface area contributed by atoms with Crippen molar-refractivity contribution < 1.29 is 0 Å². The molecule has 8 heteroatoms. The molecule has 1 aromatic carbocycles. The smallest absolute Gasteiger partial charge is 0.293 e. The maximum Gasteiger partial charge on any atom is 0.293 e. The average molecular weight is 321 g/mol. The van der Waals surface area contributed by atoms with Crippen LogP contribution in [0.5, 0.6) is 0 Å². The number of aryl methyl sites for hydroxylation is 1. The van der Waals surface area contributed by atoms with Gasteiger partial charge in [0.1, 0.15) is 0 Å². The zero-order valence-corrected chi connectivity index (χ0v) is 13.0. The summed E-state index contributed by atoms with van der Waals surface area (Å²) < 4.78 is 3.51. The molecule has 0 saturated heterocycles. The number of rotatable bonds is 4. The number of aromatic amines is 1. The van der Waals surface area contributed by atoms with Gasteiger partial charge < -0.3 is 10.3 Å². The fraction of sp³-hybridized carbons (Fsp3) is 0.125. The summed E-state index contributed by atoms with van der Waals surface area (Å²) in [6, 6.07) is 10.0. The van der Waals surface area contributed by atoms with Crippen LogP contribution in [0.15, 0.2) is 53.7 Å². The van der Waals surface area contributed by atoms with Gasteiger partial charge in [0.15, 0.2) is 5.82 Å². The van der Waals surface area contributed by atoms with Crippen LogP contribution >= 0.6 is 0 Å². The van der Waals surface area contributed by atoms with Crippen LogP contribution in [0.1, 0.15) is 5.82 Å². The van der Waals surface area contributed by atoms with Crippen molar-refractivity contribution in [2.24, 2.45) is 7.05 Å². The Hall–Kier alpha value is -3.42. The minimum absolute atomic E-state index is 0.255. The molecular formula is C16H15N7O. The van der Waals surface area contributed by atoms with Crippen LogP contribution in [0.3, 0.4) is 0 Å². The molecule has 24 heavy (non-hydrogen) atoms. The van der Waals surface area contributed by atoms with E-state index in [1.807, 2.05) is 42.1 Å². The van der Waals surface area contributed by atoms with E-state index in [-0.39, 0.29) is 11.2 Å². The first-order chi connectivity index (χ1) is 11.7. The fourth-order valence-corrected chi connectivity index (χ4v) is 2.63. The lowest BCUT2D eigenvalue weighted by atomic mass is 10.1. The Morgan fingerprint density at radius 3 is 3.00 bits per heavy atom. The van der Waals surface area contributed by atoms with Gasteiger partial charge in [-0.2, -0.15) is 5.10 Å². The van der Waals surface area contributed by atoms with Crippen molar-refractivity contribution in [1.29, 1.82) is 0 Å². The fourth-order valence-electron chi connectivity index (χ4n) is 2.63. The second-order valence-electron chi connectivity index (χ2n) is 5.37. The highest BCUT2D eigenvalue weighted by atomic mass is 16.1. The Morgan fingerprint density at radius 1 is 1.25 bits per heavy atom. The quantitative estimate of drug-likeness (QED) is 0.593. The molecule has 0 unspecified atom stereocenters. The molecule has 0 fully saturated rings. The lowest BCUT2D eigenvalue weighted by Crippen LogP contribution is -2.10. The van der Waals surface area contributed by atoms with Crippen LogP contribution in [-0.4, -0.2) is 29.4 Å². The first kappa shape index (κ1) is 14.2. The van der Waals surface area contributed by atoms with E-state index in [0.717, 1.165) is 16.9 Å².